The Morgan fingerprint density at radius 2 is 2.36 bits per heavy atom. The topological polar surface area (TPSA) is 47.0 Å². The van der Waals surface area contributed by atoms with Crippen LogP contribution in [-0.4, -0.2) is 35.3 Å². The van der Waals surface area contributed by atoms with Crippen LogP contribution in [0.2, 0.25) is 0 Å². The molecule has 0 amide bonds. The Bertz CT molecular complexity index is 321. The highest BCUT2D eigenvalue weighted by Gasteiger charge is 2.28. The van der Waals surface area contributed by atoms with Gasteiger partial charge in [0.1, 0.15) is 6.10 Å². The average Bonchev–Trinajstić information content (AvgIpc) is 2.52. The SMILES string of the molecule is Cc1cncc(OC2CNCC2F)n1. The Kier molecular flexibility index (Phi) is 2.58. The van der Waals surface area contributed by atoms with Crippen molar-refractivity contribution < 1.29 is 9.13 Å². The number of nitrogens with zero attached hydrogens (tertiary/aromatic N) is 2. The first-order valence-corrected chi connectivity index (χ1v) is 4.56. The lowest BCUT2D eigenvalue weighted by molar-refractivity contribution is 0.134. The van der Waals surface area contributed by atoms with Crippen molar-refractivity contribution in [2.45, 2.75) is 19.2 Å². The maximum Gasteiger partial charge on any atom is 0.232 e. The minimum Gasteiger partial charge on any atom is -0.469 e. The van der Waals surface area contributed by atoms with Gasteiger partial charge in [-0.15, -0.1) is 0 Å². The van der Waals surface area contributed by atoms with Gasteiger partial charge in [-0.25, -0.2) is 9.37 Å². The summed E-state index contributed by atoms with van der Waals surface area (Å²) in [4.78, 5) is 8.01. The number of aryl methyl sites for hydroxylation is 1. The second kappa shape index (κ2) is 3.88. The molecular formula is C9H12FN3O. The van der Waals surface area contributed by atoms with Crippen LogP contribution in [0, 0.1) is 6.92 Å². The molecule has 5 heteroatoms. The van der Waals surface area contributed by atoms with Crippen molar-refractivity contribution in [1.82, 2.24) is 15.3 Å². The number of nitrogens with one attached hydrogen (secondary N) is 1. The van der Waals surface area contributed by atoms with Crippen LogP contribution in [0.15, 0.2) is 12.4 Å². The molecule has 1 aromatic rings. The van der Waals surface area contributed by atoms with Gasteiger partial charge in [-0.3, -0.25) is 4.98 Å². The van der Waals surface area contributed by atoms with E-state index < -0.39 is 12.3 Å². The van der Waals surface area contributed by atoms with E-state index in [1.54, 1.807) is 6.20 Å². The van der Waals surface area contributed by atoms with Crippen LogP contribution >= 0.6 is 0 Å². The summed E-state index contributed by atoms with van der Waals surface area (Å²) in [5, 5.41) is 2.91. The van der Waals surface area contributed by atoms with Gasteiger partial charge in [-0.05, 0) is 6.92 Å². The summed E-state index contributed by atoms with van der Waals surface area (Å²) in [6, 6.07) is 0. The van der Waals surface area contributed by atoms with Crippen molar-refractivity contribution in [3.05, 3.63) is 18.1 Å². The molecule has 2 atom stereocenters. The molecule has 0 saturated carbocycles. The van der Waals surface area contributed by atoms with Crippen LogP contribution in [0.3, 0.4) is 0 Å². The first-order valence-electron chi connectivity index (χ1n) is 4.56. The number of alkyl halides is 1. The Hall–Kier alpha value is -1.23. The number of hydrogen-bond donors (Lipinski definition) is 1. The molecule has 0 aliphatic carbocycles. The third kappa shape index (κ3) is 1.98. The number of hydrogen-bond acceptors (Lipinski definition) is 4. The summed E-state index contributed by atoms with van der Waals surface area (Å²) >= 11 is 0. The summed E-state index contributed by atoms with van der Waals surface area (Å²) in [5.41, 5.74) is 0.767. The Balaban J connectivity index is 2.03. The van der Waals surface area contributed by atoms with Crippen molar-refractivity contribution in [1.29, 1.82) is 0 Å². The molecule has 14 heavy (non-hydrogen) atoms. The van der Waals surface area contributed by atoms with Crippen LogP contribution in [0.25, 0.3) is 0 Å². The lowest BCUT2D eigenvalue weighted by atomic mass is 10.3. The molecule has 1 aromatic heterocycles. The lowest BCUT2D eigenvalue weighted by Crippen LogP contribution is -2.27. The zero-order chi connectivity index (χ0) is 9.97. The average molecular weight is 197 g/mol. The van der Waals surface area contributed by atoms with Crippen molar-refractivity contribution in [3.8, 4) is 5.88 Å². The van der Waals surface area contributed by atoms with E-state index in [0.29, 0.717) is 19.0 Å². The van der Waals surface area contributed by atoms with E-state index in [1.807, 2.05) is 6.92 Å². The minimum atomic E-state index is -0.961. The first-order chi connectivity index (χ1) is 6.75. The summed E-state index contributed by atoms with van der Waals surface area (Å²) < 4.78 is 18.5. The third-order valence-electron chi connectivity index (χ3n) is 2.09. The van der Waals surface area contributed by atoms with Crippen molar-refractivity contribution in [3.63, 3.8) is 0 Å². The molecule has 1 N–H and O–H groups in total. The van der Waals surface area contributed by atoms with E-state index in [4.69, 9.17) is 4.74 Å². The molecule has 0 bridgehead atoms. The van der Waals surface area contributed by atoms with E-state index in [2.05, 4.69) is 15.3 Å². The van der Waals surface area contributed by atoms with E-state index in [0.717, 1.165) is 5.69 Å². The fourth-order valence-electron chi connectivity index (χ4n) is 1.39. The van der Waals surface area contributed by atoms with Crippen LogP contribution in [0.5, 0.6) is 5.88 Å². The van der Waals surface area contributed by atoms with Gasteiger partial charge in [0.05, 0.1) is 11.9 Å². The van der Waals surface area contributed by atoms with E-state index in [9.17, 15) is 4.39 Å². The van der Waals surface area contributed by atoms with Crippen molar-refractivity contribution in [2.75, 3.05) is 13.1 Å². The van der Waals surface area contributed by atoms with Gasteiger partial charge in [-0.2, -0.15) is 0 Å². The number of rotatable bonds is 2. The molecule has 0 radical (unpaired) electrons. The largest absolute Gasteiger partial charge is 0.469 e. The molecule has 0 aromatic carbocycles. The van der Waals surface area contributed by atoms with E-state index >= 15 is 0 Å². The predicted molar refractivity (Wildman–Crippen MR) is 49.0 cm³/mol. The van der Waals surface area contributed by atoms with Crippen LogP contribution in [0.1, 0.15) is 5.69 Å². The Morgan fingerprint density at radius 1 is 1.50 bits per heavy atom. The second-order valence-corrected chi connectivity index (χ2v) is 3.33. The van der Waals surface area contributed by atoms with Gasteiger partial charge >= 0.3 is 0 Å². The zero-order valence-corrected chi connectivity index (χ0v) is 7.90. The molecule has 0 spiro atoms. The van der Waals surface area contributed by atoms with Gasteiger partial charge in [0, 0.05) is 19.3 Å². The quantitative estimate of drug-likeness (QED) is 0.748. The van der Waals surface area contributed by atoms with Gasteiger partial charge in [0.25, 0.3) is 0 Å². The minimum absolute atomic E-state index is 0.351. The fraction of sp³-hybridized carbons (Fsp3) is 0.556. The number of aromatic nitrogens is 2. The maximum atomic E-state index is 13.1. The third-order valence-corrected chi connectivity index (χ3v) is 2.09. The molecule has 1 fully saturated rings. The Labute approximate surface area is 81.5 Å². The van der Waals surface area contributed by atoms with Crippen LogP contribution < -0.4 is 10.1 Å². The van der Waals surface area contributed by atoms with Crippen LogP contribution in [-0.2, 0) is 0 Å². The number of ether oxygens (including phenoxy) is 1. The molecular weight excluding hydrogens is 185 g/mol. The second-order valence-electron chi connectivity index (χ2n) is 3.33. The molecule has 1 aliphatic heterocycles. The van der Waals surface area contributed by atoms with Gasteiger partial charge in [0.2, 0.25) is 5.88 Å². The summed E-state index contributed by atoms with van der Waals surface area (Å²) in [5.74, 6) is 0.390. The maximum absolute atomic E-state index is 13.1. The van der Waals surface area contributed by atoms with E-state index in [-0.39, 0.29) is 0 Å². The normalized spacial score (nSPS) is 26.4. The van der Waals surface area contributed by atoms with Crippen molar-refractivity contribution >= 4 is 0 Å². The molecule has 1 saturated heterocycles. The molecule has 4 nitrogen and oxygen atoms in total. The highest BCUT2D eigenvalue weighted by molar-refractivity contribution is 5.08. The summed E-state index contributed by atoms with van der Waals surface area (Å²) in [7, 11) is 0. The molecule has 2 rings (SSSR count). The van der Waals surface area contributed by atoms with Gasteiger partial charge in [0.15, 0.2) is 6.17 Å². The van der Waals surface area contributed by atoms with Crippen molar-refractivity contribution in [2.24, 2.45) is 0 Å². The highest BCUT2D eigenvalue weighted by Crippen LogP contribution is 2.13. The lowest BCUT2D eigenvalue weighted by Gasteiger charge is -2.13. The highest BCUT2D eigenvalue weighted by atomic mass is 19.1. The first kappa shape index (κ1) is 9.33. The Morgan fingerprint density at radius 3 is 3.00 bits per heavy atom. The molecule has 2 heterocycles. The number of halogens is 1. The summed E-state index contributed by atoms with van der Waals surface area (Å²) in [6.07, 6.45) is 1.73. The zero-order valence-electron chi connectivity index (χ0n) is 7.90. The molecule has 76 valence electrons. The van der Waals surface area contributed by atoms with Crippen LogP contribution in [0.4, 0.5) is 4.39 Å². The monoisotopic (exact) mass is 197 g/mol. The van der Waals surface area contributed by atoms with Gasteiger partial charge in [-0.1, -0.05) is 0 Å². The molecule has 2 unspecified atom stereocenters. The predicted octanol–water partition coefficient (Wildman–Crippen LogP) is 0.474. The smallest absolute Gasteiger partial charge is 0.232 e. The fourth-order valence-corrected chi connectivity index (χ4v) is 1.39. The van der Waals surface area contributed by atoms with Gasteiger partial charge < -0.3 is 10.1 Å². The summed E-state index contributed by atoms with van der Waals surface area (Å²) in [6.45, 7) is 2.69. The standard InChI is InChI=1S/C9H12FN3O/c1-6-2-11-5-9(13-6)14-8-4-12-3-7(8)10/h2,5,7-8,12H,3-4H2,1H3. The van der Waals surface area contributed by atoms with E-state index in [1.165, 1.54) is 6.20 Å². The molecule has 1 aliphatic rings.